The van der Waals surface area contributed by atoms with Crippen molar-refractivity contribution in [1.29, 1.82) is 0 Å². The Morgan fingerprint density at radius 1 is 1.21 bits per heavy atom. The van der Waals surface area contributed by atoms with Gasteiger partial charge in [0.25, 0.3) is 0 Å². The van der Waals surface area contributed by atoms with Gasteiger partial charge in [0.05, 0.1) is 6.61 Å². The molecule has 1 aliphatic rings. The van der Waals surface area contributed by atoms with Crippen LogP contribution in [0.4, 0.5) is 0 Å². The zero-order valence-electron chi connectivity index (χ0n) is 10.6. The van der Waals surface area contributed by atoms with Crippen LogP contribution in [0.25, 0.3) is 0 Å². The molecule has 7 heteroatoms. The summed E-state index contributed by atoms with van der Waals surface area (Å²) in [5.41, 5.74) is -0.0608. The third-order valence-electron chi connectivity index (χ3n) is 2.68. The first-order chi connectivity index (χ1) is 8.88. The summed E-state index contributed by atoms with van der Waals surface area (Å²) >= 11 is 0. The Morgan fingerprint density at radius 2 is 1.74 bits per heavy atom. The Hall–Kier alpha value is -1.25. The SMILES string of the molecule is C=C.CC(=CC1O[C@H](CO)[C@@H](O)[C@H](O)[C@H]1O)C(=O)O. The van der Waals surface area contributed by atoms with Crippen LogP contribution in [0.5, 0.6) is 0 Å². The predicted molar refractivity (Wildman–Crippen MR) is 66.4 cm³/mol. The summed E-state index contributed by atoms with van der Waals surface area (Å²) < 4.78 is 5.10. The van der Waals surface area contributed by atoms with Gasteiger partial charge in [-0.05, 0) is 13.0 Å². The highest BCUT2D eigenvalue weighted by molar-refractivity contribution is 5.85. The van der Waals surface area contributed by atoms with Crippen LogP contribution in [-0.4, -0.2) is 68.6 Å². The highest BCUT2D eigenvalue weighted by atomic mass is 16.5. The van der Waals surface area contributed by atoms with Crippen LogP contribution in [0.15, 0.2) is 24.8 Å². The molecule has 5 atom stereocenters. The maximum absolute atomic E-state index is 10.6. The van der Waals surface area contributed by atoms with Crippen LogP contribution in [0.1, 0.15) is 6.92 Å². The van der Waals surface area contributed by atoms with E-state index in [2.05, 4.69) is 13.2 Å². The van der Waals surface area contributed by atoms with E-state index in [0.29, 0.717) is 0 Å². The van der Waals surface area contributed by atoms with Gasteiger partial charge in [0, 0.05) is 5.57 Å². The second kappa shape index (κ2) is 8.03. The summed E-state index contributed by atoms with van der Waals surface area (Å²) in [5, 5.41) is 46.1. The minimum absolute atomic E-state index is 0.0608. The Kier molecular flexibility index (Phi) is 7.50. The minimum atomic E-state index is -1.50. The first kappa shape index (κ1) is 17.8. The molecule has 110 valence electrons. The molecule has 0 radical (unpaired) electrons. The van der Waals surface area contributed by atoms with Gasteiger partial charge in [-0.3, -0.25) is 0 Å². The predicted octanol–water partition coefficient (Wildman–Crippen LogP) is -1.34. The lowest BCUT2D eigenvalue weighted by atomic mass is 9.94. The van der Waals surface area contributed by atoms with Crippen LogP contribution >= 0.6 is 0 Å². The molecular formula is C12H20O7. The van der Waals surface area contributed by atoms with Crippen molar-refractivity contribution in [3.8, 4) is 0 Å². The molecule has 19 heavy (non-hydrogen) atoms. The molecule has 1 fully saturated rings. The summed E-state index contributed by atoms with van der Waals surface area (Å²) in [6.07, 6.45) is -5.36. The fraction of sp³-hybridized carbons (Fsp3) is 0.583. The molecule has 1 heterocycles. The van der Waals surface area contributed by atoms with Crippen molar-refractivity contribution in [1.82, 2.24) is 0 Å². The van der Waals surface area contributed by atoms with Gasteiger partial charge in [-0.25, -0.2) is 4.79 Å². The van der Waals surface area contributed by atoms with Crippen molar-refractivity contribution in [2.24, 2.45) is 0 Å². The largest absolute Gasteiger partial charge is 0.478 e. The molecule has 0 aromatic carbocycles. The lowest BCUT2D eigenvalue weighted by molar-refractivity contribution is -0.216. The Labute approximate surface area is 111 Å². The number of aliphatic carboxylic acids is 1. The van der Waals surface area contributed by atoms with Crippen molar-refractivity contribution in [3.05, 3.63) is 24.8 Å². The number of carboxylic acids is 1. The van der Waals surface area contributed by atoms with Gasteiger partial charge in [-0.1, -0.05) is 0 Å². The second-order valence-electron chi connectivity index (χ2n) is 3.95. The molecule has 1 rings (SSSR count). The third-order valence-corrected chi connectivity index (χ3v) is 2.68. The Balaban J connectivity index is 0.00000154. The van der Waals surface area contributed by atoms with Gasteiger partial charge in [-0.15, -0.1) is 13.2 Å². The van der Waals surface area contributed by atoms with E-state index in [4.69, 9.17) is 14.9 Å². The summed E-state index contributed by atoms with van der Waals surface area (Å²) in [6.45, 7) is 6.77. The molecule has 1 unspecified atom stereocenters. The molecule has 1 aliphatic heterocycles. The molecule has 0 bridgehead atoms. The van der Waals surface area contributed by atoms with Gasteiger partial charge < -0.3 is 30.3 Å². The van der Waals surface area contributed by atoms with Crippen molar-refractivity contribution in [2.75, 3.05) is 6.61 Å². The van der Waals surface area contributed by atoms with E-state index in [1.807, 2.05) is 0 Å². The van der Waals surface area contributed by atoms with E-state index >= 15 is 0 Å². The van der Waals surface area contributed by atoms with Crippen molar-refractivity contribution < 1.29 is 35.1 Å². The number of hydrogen-bond acceptors (Lipinski definition) is 6. The molecule has 0 aromatic rings. The smallest absolute Gasteiger partial charge is 0.331 e. The summed E-state index contributed by atoms with van der Waals surface area (Å²) in [7, 11) is 0. The average molecular weight is 276 g/mol. The lowest BCUT2D eigenvalue weighted by Crippen LogP contribution is -2.58. The number of aliphatic hydroxyl groups excluding tert-OH is 4. The monoisotopic (exact) mass is 276 g/mol. The maximum atomic E-state index is 10.6. The first-order valence-electron chi connectivity index (χ1n) is 5.60. The van der Waals surface area contributed by atoms with Crippen molar-refractivity contribution in [2.45, 2.75) is 37.4 Å². The number of ether oxygens (including phenoxy) is 1. The quantitative estimate of drug-likeness (QED) is 0.319. The number of hydrogen-bond donors (Lipinski definition) is 5. The van der Waals surface area contributed by atoms with E-state index in [9.17, 15) is 20.1 Å². The van der Waals surface area contributed by atoms with Gasteiger partial charge in [0.1, 0.15) is 30.5 Å². The zero-order chi connectivity index (χ0) is 15.2. The lowest BCUT2D eigenvalue weighted by Gasteiger charge is -2.39. The fourth-order valence-corrected chi connectivity index (χ4v) is 1.59. The molecule has 0 aliphatic carbocycles. The van der Waals surface area contributed by atoms with E-state index in [1.165, 1.54) is 6.92 Å². The molecular weight excluding hydrogens is 256 g/mol. The molecule has 7 nitrogen and oxygen atoms in total. The second-order valence-corrected chi connectivity index (χ2v) is 3.95. The number of carboxylic acid groups (broad SMARTS) is 1. The van der Waals surface area contributed by atoms with E-state index < -0.39 is 43.1 Å². The van der Waals surface area contributed by atoms with E-state index in [1.54, 1.807) is 0 Å². The van der Waals surface area contributed by atoms with Crippen molar-refractivity contribution in [3.63, 3.8) is 0 Å². The van der Waals surface area contributed by atoms with Crippen molar-refractivity contribution >= 4 is 5.97 Å². The summed E-state index contributed by atoms with van der Waals surface area (Å²) in [6, 6.07) is 0. The van der Waals surface area contributed by atoms with Crippen LogP contribution in [-0.2, 0) is 9.53 Å². The third kappa shape index (κ3) is 4.41. The molecule has 0 amide bonds. The highest BCUT2D eigenvalue weighted by Gasteiger charge is 2.42. The topological polar surface area (TPSA) is 127 Å². The Bertz CT molecular complexity index is 326. The van der Waals surface area contributed by atoms with Crippen LogP contribution in [0.3, 0.4) is 0 Å². The minimum Gasteiger partial charge on any atom is -0.478 e. The summed E-state index contributed by atoms with van der Waals surface area (Å²) in [5.74, 6) is -1.18. The normalized spacial score (nSPS) is 35.2. The van der Waals surface area contributed by atoms with E-state index in [-0.39, 0.29) is 5.57 Å². The number of rotatable bonds is 3. The number of carbonyl (C=O) groups is 1. The van der Waals surface area contributed by atoms with Crippen LogP contribution in [0, 0.1) is 0 Å². The first-order valence-corrected chi connectivity index (χ1v) is 5.60. The molecule has 0 aromatic heterocycles. The molecule has 1 saturated heterocycles. The fourth-order valence-electron chi connectivity index (χ4n) is 1.59. The van der Waals surface area contributed by atoms with Gasteiger partial charge >= 0.3 is 5.97 Å². The van der Waals surface area contributed by atoms with Crippen LogP contribution in [0.2, 0.25) is 0 Å². The number of aliphatic hydroxyl groups is 4. The zero-order valence-corrected chi connectivity index (χ0v) is 10.6. The van der Waals surface area contributed by atoms with Gasteiger partial charge in [0.2, 0.25) is 0 Å². The standard InChI is InChI=1S/C10H16O7.C2H4/c1-4(10(15)16)2-5-7(12)9(14)8(13)6(3-11)17-5;1-2/h2,5-9,11-14H,3H2,1H3,(H,15,16);1-2H2/t5?,6-,7+,8-,9-;/m1./s1. The van der Waals surface area contributed by atoms with E-state index in [0.717, 1.165) is 6.08 Å². The highest BCUT2D eigenvalue weighted by Crippen LogP contribution is 2.22. The Morgan fingerprint density at radius 3 is 2.16 bits per heavy atom. The van der Waals surface area contributed by atoms with Crippen LogP contribution < -0.4 is 0 Å². The summed E-state index contributed by atoms with van der Waals surface area (Å²) in [4.78, 5) is 10.6. The van der Waals surface area contributed by atoms with Gasteiger partial charge in [0.15, 0.2) is 0 Å². The molecule has 0 saturated carbocycles. The molecule has 0 spiro atoms. The average Bonchev–Trinajstić information content (AvgIpc) is 2.41. The van der Waals surface area contributed by atoms with Gasteiger partial charge in [-0.2, -0.15) is 0 Å². The molecule has 5 N–H and O–H groups in total. The maximum Gasteiger partial charge on any atom is 0.331 e.